The van der Waals surface area contributed by atoms with E-state index < -0.39 is 6.10 Å². The number of aliphatic hydroxyl groups excluding tert-OH is 1. The van der Waals surface area contributed by atoms with Gasteiger partial charge in [-0.3, -0.25) is 0 Å². The summed E-state index contributed by atoms with van der Waals surface area (Å²) in [6, 6.07) is 0. The summed E-state index contributed by atoms with van der Waals surface area (Å²) >= 11 is 1.43. The van der Waals surface area contributed by atoms with E-state index in [0.717, 1.165) is 18.0 Å². The van der Waals surface area contributed by atoms with E-state index in [9.17, 15) is 5.11 Å². The predicted molar refractivity (Wildman–Crippen MR) is 67.5 cm³/mol. The lowest BCUT2D eigenvalue weighted by Crippen LogP contribution is -2.30. The Kier molecular flexibility index (Phi) is 6.57. The van der Waals surface area contributed by atoms with Crippen molar-refractivity contribution in [2.45, 2.75) is 25.2 Å². The molecule has 0 amide bonds. The summed E-state index contributed by atoms with van der Waals surface area (Å²) in [7, 11) is 1.65. The Balaban J connectivity index is 2.17. The third kappa shape index (κ3) is 5.54. The first-order valence-electron chi connectivity index (χ1n) is 5.58. The van der Waals surface area contributed by atoms with Gasteiger partial charge in [-0.25, -0.2) is 4.98 Å². The molecule has 2 N–H and O–H groups in total. The number of hydrogen-bond donors (Lipinski definition) is 2. The van der Waals surface area contributed by atoms with E-state index in [1.807, 2.05) is 13.8 Å². The highest BCUT2D eigenvalue weighted by atomic mass is 32.2. The van der Waals surface area contributed by atoms with Crippen molar-refractivity contribution < 1.29 is 14.3 Å². The second-order valence-corrected chi connectivity index (χ2v) is 4.75. The van der Waals surface area contributed by atoms with Gasteiger partial charge < -0.3 is 19.6 Å². The maximum absolute atomic E-state index is 9.69. The number of methoxy groups -OCH3 is 1. The monoisotopic (exact) mass is 260 g/mol. The van der Waals surface area contributed by atoms with Gasteiger partial charge in [0.15, 0.2) is 0 Å². The highest BCUT2D eigenvalue weighted by Crippen LogP contribution is 2.20. The highest BCUT2D eigenvalue weighted by molar-refractivity contribution is 7.99. The Bertz CT molecular complexity index is 311. The first kappa shape index (κ1) is 14.5. The van der Waals surface area contributed by atoms with Crippen LogP contribution in [0.1, 0.15) is 11.5 Å². The van der Waals surface area contributed by atoms with Crippen LogP contribution in [0.4, 0.5) is 0 Å². The molecule has 0 aliphatic carbocycles. The summed E-state index contributed by atoms with van der Waals surface area (Å²) < 4.78 is 10.3. The highest BCUT2D eigenvalue weighted by Gasteiger charge is 2.09. The molecule has 0 aromatic carbocycles. The Morgan fingerprint density at radius 3 is 2.88 bits per heavy atom. The van der Waals surface area contributed by atoms with Crippen LogP contribution in [0.2, 0.25) is 0 Å². The molecule has 0 aliphatic rings. The van der Waals surface area contributed by atoms with E-state index >= 15 is 0 Å². The molecule has 1 atom stereocenters. The lowest BCUT2D eigenvalue weighted by atomic mass is 10.4. The second-order valence-electron chi connectivity index (χ2n) is 3.78. The summed E-state index contributed by atoms with van der Waals surface area (Å²) in [6.07, 6.45) is -0.413. The molecule has 0 fully saturated rings. The first-order valence-corrected chi connectivity index (χ1v) is 6.56. The van der Waals surface area contributed by atoms with Gasteiger partial charge in [0.25, 0.3) is 5.22 Å². The van der Waals surface area contributed by atoms with Crippen molar-refractivity contribution in [2.24, 2.45) is 0 Å². The minimum Gasteiger partial charge on any atom is -0.437 e. The molecule has 0 bridgehead atoms. The number of nitrogens with one attached hydrogen (secondary N) is 1. The summed E-state index contributed by atoms with van der Waals surface area (Å²) in [5, 5.41) is 13.4. The molecule has 6 heteroatoms. The average molecular weight is 260 g/mol. The molecule has 0 saturated heterocycles. The number of aryl methyl sites for hydroxylation is 2. The number of rotatable bonds is 8. The average Bonchev–Trinajstić information content (AvgIpc) is 2.62. The number of hydrogen-bond acceptors (Lipinski definition) is 6. The quantitative estimate of drug-likeness (QED) is 0.536. The SMILES string of the molecule is COCCNCC(O)CSc1nc(C)c(C)o1. The number of nitrogens with zero attached hydrogens (tertiary/aromatic N) is 1. The Labute approximate surface area is 106 Å². The van der Waals surface area contributed by atoms with Crippen molar-refractivity contribution in [1.82, 2.24) is 10.3 Å². The van der Waals surface area contributed by atoms with Gasteiger partial charge in [0.05, 0.1) is 18.4 Å². The van der Waals surface area contributed by atoms with Crippen molar-refractivity contribution in [3.05, 3.63) is 11.5 Å². The molecule has 1 unspecified atom stereocenters. The standard InChI is InChI=1S/C11H20N2O3S/c1-8-9(2)16-11(13-8)17-7-10(14)6-12-4-5-15-3/h10,12,14H,4-7H2,1-3H3. The fourth-order valence-electron chi connectivity index (χ4n) is 1.17. The Hall–Kier alpha value is -0.560. The summed E-state index contributed by atoms with van der Waals surface area (Å²) in [4.78, 5) is 4.24. The predicted octanol–water partition coefficient (Wildman–Crippen LogP) is 0.980. The molecule has 1 aromatic heterocycles. The first-order chi connectivity index (χ1) is 8.13. The van der Waals surface area contributed by atoms with Crippen molar-refractivity contribution in [3.63, 3.8) is 0 Å². The Morgan fingerprint density at radius 1 is 1.53 bits per heavy atom. The summed E-state index contributed by atoms with van der Waals surface area (Å²) in [6.45, 7) is 5.74. The largest absolute Gasteiger partial charge is 0.437 e. The maximum Gasteiger partial charge on any atom is 0.256 e. The second kappa shape index (κ2) is 7.71. The molecule has 0 spiro atoms. The Morgan fingerprint density at radius 2 is 2.29 bits per heavy atom. The summed E-state index contributed by atoms with van der Waals surface area (Å²) in [5.74, 6) is 1.40. The minimum atomic E-state index is -0.413. The third-order valence-electron chi connectivity index (χ3n) is 2.27. The zero-order valence-corrected chi connectivity index (χ0v) is 11.3. The van der Waals surface area contributed by atoms with E-state index in [4.69, 9.17) is 9.15 Å². The minimum absolute atomic E-state index is 0.413. The molecule has 98 valence electrons. The van der Waals surface area contributed by atoms with Crippen LogP contribution in [0, 0.1) is 13.8 Å². The molecule has 5 nitrogen and oxygen atoms in total. The van der Waals surface area contributed by atoms with Gasteiger partial charge in [-0.15, -0.1) is 0 Å². The van der Waals surface area contributed by atoms with Gasteiger partial charge in [0.1, 0.15) is 5.76 Å². The molecule has 17 heavy (non-hydrogen) atoms. The number of oxazole rings is 1. The van der Waals surface area contributed by atoms with Gasteiger partial charge in [-0.2, -0.15) is 0 Å². The van der Waals surface area contributed by atoms with Crippen molar-refractivity contribution in [3.8, 4) is 0 Å². The summed E-state index contributed by atoms with van der Waals surface area (Å²) in [5.41, 5.74) is 0.903. The lowest BCUT2D eigenvalue weighted by Gasteiger charge is -2.09. The van der Waals surface area contributed by atoms with Gasteiger partial charge in [0.2, 0.25) is 0 Å². The number of aliphatic hydroxyl groups is 1. The van der Waals surface area contributed by atoms with Crippen LogP contribution >= 0.6 is 11.8 Å². The van der Waals surface area contributed by atoms with Gasteiger partial charge in [-0.05, 0) is 13.8 Å². The van der Waals surface area contributed by atoms with Crippen LogP contribution in [-0.2, 0) is 4.74 Å². The van der Waals surface area contributed by atoms with Crippen LogP contribution < -0.4 is 5.32 Å². The van der Waals surface area contributed by atoms with E-state index in [1.54, 1.807) is 7.11 Å². The number of ether oxygens (including phenoxy) is 1. The number of aromatic nitrogens is 1. The fraction of sp³-hybridized carbons (Fsp3) is 0.727. The van der Waals surface area contributed by atoms with Crippen molar-refractivity contribution in [2.75, 3.05) is 32.6 Å². The zero-order chi connectivity index (χ0) is 12.7. The molecule has 1 rings (SSSR count). The lowest BCUT2D eigenvalue weighted by molar-refractivity contribution is 0.175. The van der Waals surface area contributed by atoms with E-state index in [-0.39, 0.29) is 0 Å². The smallest absolute Gasteiger partial charge is 0.256 e. The van der Waals surface area contributed by atoms with E-state index in [0.29, 0.717) is 24.1 Å². The van der Waals surface area contributed by atoms with Gasteiger partial charge in [-0.1, -0.05) is 11.8 Å². The topological polar surface area (TPSA) is 67.5 Å². The molecular formula is C11H20N2O3S. The normalized spacial score (nSPS) is 12.9. The molecule has 0 radical (unpaired) electrons. The third-order valence-corrected chi connectivity index (χ3v) is 3.24. The van der Waals surface area contributed by atoms with Crippen LogP contribution in [0.25, 0.3) is 0 Å². The maximum atomic E-state index is 9.69. The van der Waals surface area contributed by atoms with Gasteiger partial charge in [0, 0.05) is 26.0 Å². The molecule has 0 saturated carbocycles. The van der Waals surface area contributed by atoms with Gasteiger partial charge >= 0.3 is 0 Å². The van der Waals surface area contributed by atoms with Crippen molar-refractivity contribution >= 4 is 11.8 Å². The van der Waals surface area contributed by atoms with E-state index in [2.05, 4.69) is 10.3 Å². The molecule has 1 aromatic rings. The van der Waals surface area contributed by atoms with Crippen molar-refractivity contribution in [1.29, 1.82) is 0 Å². The fourth-order valence-corrected chi connectivity index (χ4v) is 2.01. The van der Waals surface area contributed by atoms with Crippen LogP contribution in [-0.4, -0.2) is 48.8 Å². The number of thioether (sulfide) groups is 1. The van der Waals surface area contributed by atoms with Crippen LogP contribution in [0.3, 0.4) is 0 Å². The zero-order valence-electron chi connectivity index (χ0n) is 10.5. The molecule has 0 aliphatic heterocycles. The van der Waals surface area contributed by atoms with E-state index in [1.165, 1.54) is 11.8 Å². The van der Waals surface area contributed by atoms with Crippen LogP contribution in [0.5, 0.6) is 0 Å². The molecular weight excluding hydrogens is 240 g/mol. The van der Waals surface area contributed by atoms with Crippen LogP contribution in [0.15, 0.2) is 9.64 Å². The molecule has 1 heterocycles.